The van der Waals surface area contributed by atoms with Gasteiger partial charge in [-0.15, -0.1) is 0 Å². The van der Waals surface area contributed by atoms with Crippen molar-refractivity contribution in [2.45, 2.75) is 25.2 Å². The minimum atomic E-state index is -2.97. The summed E-state index contributed by atoms with van der Waals surface area (Å²) in [5.41, 5.74) is 0.530. The van der Waals surface area contributed by atoms with Crippen LogP contribution in [0.2, 0.25) is 0 Å². The van der Waals surface area contributed by atoms with Gasteiger partial charge in [0.05, 0.1) is 0 Å². The quantitative estimate of drug-likeness (QED) is 0.231. The fourth-order valence-electron chi connectivity index (χ4n) is 3.38. The zero-order valence-corrected chi connectivity index (χ0v) is 18.8. The summed E-state index contributed by atoms with van der Waals surface area (Å²) < 4.78 is 85.2. The van der Waals surface area contributed by atoms with Crippen LogP contribution in [-0.4, -0.2) is 20.3 Å². The van der Waals surface area contributed by atoms with Gasteiger partial charge in [-0.25, -0.2) is 17.9 Å². The molecule has 35 heavy (non-hydrogen) atoms. The first-order valence-corrected chi connectivity index (χ1v) is 11.0. The molecule has 0 aliphatic carbocycles. The number of benzene rings is 3. The molecule has 0 radical (unpaired) electrons. The lowest BCUT2D eigenvalue weighted by Gasteiger charge is -2.31. The van der Waals surface area contributed by atoms with Crippen LogP contribution in [0.15, 0.2) is 48.5 Å². The minimum absolute atomic E-state index is 0.0141. The molecule has 0 heterocycles. The predicted octanol–water partition coefficient (Wildman–Crippen LogP) is 4.65. The Bertz CT molecular complexity index is 1190. The molecule has 3 N–H and O–H groups in total. The number of carbonyl (C=O) groups excluding carboxylic acids is 1. The third kappa shape index (κ3) is 5.53. The minimum Gasteiger partial charge on any atom is -0.508 e. The van der Waals surface area contributed by atoms with Crippen molar-refractivity contribution in [2.75, 3.05) is 0 Å². The van der Waals surface area contributed by atoms with Gasteiger partial charge in [0.2, 0.25) is 40.7 Å². The number of carbonyl (C=O) groups is 1. The van der Waals surface area contributed by atoms with Gasteiger partial charge in [0.1, 0.15) is 11.5 Å². The van der Waals surface area contributed by atoms with Crippen LogP contribution >= 0.6 is 0 Å². The van der Waals surface area contributed by atoms with Gasteiger partial charge in [-0.2, -0.15) is 13.0 Å². The van der Waals surface area contributed by atoms with E-state index in [0.717, 1.165) is 0 Å². The number of rotatable bonds is 8. The zero-order chi connectivity index (χ0) is 25.9. The van der Waals surface area contributed by atoms with Crippen molar-refractivity contribution in [3.8, 4) is 17.2 Å². The standard InChI is InChI=1S/C23H18F5NO5S/c1-23(12-2-6-14(30)7-3-12,13-4-8-15(31)9-5-13)11-10-16(32)29-35(33)34-22-20(27)18(25)17(24)19(26)21(22)28/h2-9,30-31H,10-11H2,1H3,(H,29,32). The Labute approximate surface area is 198 Å². The van der Waals surface area contributed by atoms with E-state index in [1.807, 2.05) is 0 Å². The van der Waals surface area contributed by atoms with Crippen LogP contribution in [0.3, 0.4) is 0 Å². The maximum absolute atomic E-state index is 13.7. The highest BCUT2D eigenvalue weighted by molar-refractivity contribution is 7.79. The van der Waals surface area contributed by atoms with E-state index >= 15 is 0 Å². The van der Waals surface area contributed by atoms with E-state index in [-0.39, 0.29) is 24.3 Å². The second-order valence-corrected chi connectivity index (χ2v) is 8.51. The van der Waals surface area contributed by atoms with E-state index in [2.05, 4.69) is 4.18 Å². The van der Waals surface area contributed by atoms with Crippen LogP contribution in [0.4, 0.5) is 22.0 Å². The van der Waals surface area contributed by atoms with Crippen LogP contribution in [0, 0.1) is 29.1 Å². The van der Waals surface area contributed by atoms with E-state index < -0.39 is 57.4 Å². The van der Waals surface area contributed by atoms with Crippen LogP contribution in [0.1, 0.15) is 30.9 Å². The fraction of sp³-hybridized carbons (Fsp3) is 0.174. The highest BCUT2D eigenvalue weighted by Crippen LogP contribution is 2.38. The zero-order valence-electron chi connectivity index (χ0n) is 18.0. The van der Waals surface area contributed by atoms with Crippen molar-refractivity contribution in [2.24, 2.45) is 0 Å². The van der Waals surface area contributed by atoms with E-state index in [9.17, 15) is 41.2 Å². The summed E-state index contributed by atoms with van der Waals surface area (Å²) >= 11 is -2.97. The normalized spacial score (nSPS) is 12.3. The Balaban J connectivity index is 1.75. The highest BCUT2D eigenvalue weighted by Gasteiger charge is 2.31. The summed E-state index contributed by atoms with van der Waals surface area (Å²) in [5.74, 6) is -14.3. The first-order chi connectivity index (χ1) is 16.4. The van der Waals surface area contributed by atoms with Gasteiger partial charge >= 0.3 is 11.3 Å². The molecule has 0 bridgehead atoms. The smallest absolute Gasteiger partial charge is 0.318 e. The van der Waals surface area contributed by atoms with Gasteiger partial charge in [0.25, 0.3) is 0 Å². The predicted molar refractivity (Wildman–Crippen MR) is 115 cm³/mol. The first kappa shape index (κ1) is 25.9. The molecule has 0 aliphatic heterocycles. The second-order valence-electron chi connectivity index (χ2n) is 7.67. The number of hydrogen-bond acceptors (Lipinski definition) is 5. The molecule has 0 aromatic heterocycles. The molecule has 186 valence electrons. The first-order valence-electron chi connectivity index (χ1n) is 9.94. The number of amides is 1. The topological polar surface area (TPSA) is 95.9 Å². The molecule has 0 spiro atoms. The van der Waals surface area contributed by atoms with Crippen LogP contribution in [0.25, 0.3) is 0 Å². The number of phenols is 2. The van der Waals surface area contributed by atoms with Crippen molar-refractivity contribution >= 4 is 17.2 Å². The third-order valence-electron chi connectivity index (χ3n) is 5.39. The molecule has 0 fully saturated rings. The van der Waals surface area contributed by atoms with Gasteiger partial charge in [0.15, 0.2) is 0 Å². The SMILES string of the molecule is CC(CCC(=O)NS(=O)Oc1c(F)c(F)c(F)c(F)c1F)(c1ccc(O)cc1)c1ccc(O)cc1. The van der Waals surface area contributed by atoms with E-state index in [0.29, 0.717) is 11.1 Å². The van der Waals surface area contributed by atoms with Gasteiger partial charge < -0.3 is 14.4 Å². The molecular weight excluding hydrogens is 497 g/mol. The average molecular weight is 515 g/mol. The largest absolute Gasteiger partial charge is 0.508 e. The van der Waals surface area contributed by atoms with E-state index in [4.69, 9.17) is 0 Å². The summed E-state index contributed by atoms with van der Waals surface area (Å²) in [6.45, 7) is 1.78. The van der Waals surface area contributed by atoms with E-state index in [1.54, 1.807) is 35.9 Å². The Kier molecular flexibility index (Phi) is 7.64. The third-order valence-corrected chi connectivity index (χ3v) is 6.10. The number of aromatic hydroxyl groups is 2. The molecule has 0 saturated carbocycles. The summed E-state index contributed by atoms with van der Waals surface area (Å²) in [5, 5.41) is 19.2. The summed E-state index contributed by atoms with van der Waals surface area (Å²) in [6.07, 6.45) is -0.210. The van der Waals surface area contributed by atoms with Crippen LogP contribution in [0.5, 0.6) is 17.2 Å². The molecule has 3 aromatic carbocycles. The van der Waals surface area contributed by atoms with Crippen molar-refractivity contribution in [3.05, 3.63) is 88.7 Å². The molecule has 3 aromatic rings. The molecule has 1 atom stereocenters. The average Bonchev–Trinajstić information content (AvgIpc) is 2.83. The lowest BCUT2D eigenvalue weighted by molar-refractivity contribution is -0.119. The van der Waals surface area contributed by atoms with Gasteiger partial charge in [-0.1, -0.05) is 31.2 Å². The molecule has 1 unspecified atom stereocenters. The van der Waals surface area contributed by atoms with Crippen molar-refractivity contribution in [1.82, 2.24) is 4.72 Å². The maximum atomic E-state index is 13.7. The lowest BCUT2D eigenvalue weighted by Crippen LogP contribution is -2.32. The van der Waals surface area contributed by atoms with E-state index in [1.165, 1.54) is 24.3 Å². The Morgan fingerprint density at radius 3 is 1.66 bits per heavy atom. The fourth-order valence-corrected chi connectivity index (χ4v) is 4.00. The van der Waals surface area contributed by atoms with Crippen molar-refractivity contribution < 1.29 is 45.4 Å². The molecule has 12 heteroatoms. The van der Waals surface area contributed by atoms with Gasteiger partial charge in [-0.3, -0.25) is 4.79 Å². The van der Waals surface area contributed by atoms with Gasteiger partial charge in [-0.05, 0) is 41.8 Å². The summed E-state index contributed by atoms with van der Waals surface area (Å²) in [6, 6.07) is 12.3. The molecular formula is C23H18F5NO5S. The van der Waals surface area contributed by atoms with Crippen LogP contribution < -0.4 is 8.91 Å². The molecule has 6 nitrogen and oxygen atoms in total. The molecule has 0 aliphatic rings. The van der Waals surface area contributed by atoms with Crippen molar-refractivity contribution in [3.63, 3.8) is 0 Å². The molecule has 0 saturated heterocycles. The number of phenolic OH excluding ortho intramolecular Hbond substituents is 2. The maximum Gasteiger partial charge on any atom is 0.318 e. The number of hydrogen-bond donors (Lipinski definition) is 3. The molecule has 1 amide bonds. The summed E-state index contributed by atoms with van der Waals surface area (Å²) in [7, 11) is 0. The Hall–Kier alpha value is -3.67. The van der Waals surface area contributed by atoms with Crippen LogP contribution in [-0.2, 0) is 21.5 Å². The summed E-state index contributed by atoms with van der Waals surface area (Å²) in [4.78, 5) is 12.4. The monoisotopic (exact) mass is 515 g/mol. The lowest BCUT2D eigenvalue weighted by atomic mass is 9.73. The Morgan fingerprint density at radius 1 is 0.829 bits per heavy atom. The number of halogens is 5. The van der Waals surface area contributed by atoms with Crippen molar-refractivity contribution in [1.29, 1.82) is 0 Å². The van der Waals surface area contributed by atoms with Gasteiger partial charge in [0, 0.05) is 11.8 Å². The second kappa shape index (κ2) is 10.3. The number of nitrogens with one attached hydrogen (secondary N) is 1. The highest BCUT2D eigenvalue weighted by atomic mass is 32.2. The Morgan fingerprint density at radius 2 is 1.23 bits per heavy atom. The molecule has 3 rings (SSSR count).